The first kappa shape index (κ1) is 27.4. The molecule has 0 fully saturated rings. The highest BCUT2D eigenvalue weighted by atomic mass is 19.4. The zero-order valence-electron chi connectivity index (χ0n) is 21.2. The molecule has 3 aromatic carbocycles. The maximum Gasteiger partial charge on any atom is 0.416 e. The van der Waals surface area contributed by atoms with Crippen LogP contribution in [0.3, 0.4) is 0 Å². The number of halogens is 3. The number of hydrogen-bond donors (Lipinski definition) is 2. The molecule has 1 heterocycles. The molecule has 4 aromatic rings. The summed E-state index contributed by atoms with van der Waals surface area (Å²) in [4.78, 5) is 42.9. The van der Waals surface area contributed by atoms with Gasteiger partial charge in [0.15, 0.2) is 5.78 Å². The summed E-state index contributed by atoms with van der Waals surface area (Å²) in [6.07, 6.45) is -3.19. The minimum atomic E-state index is -4.48. The molecule has 0 saturated carbocycles. The third kappa shape index (κ3) is 5.77. The largest absolute Gasteiger partial charge is 0.481 e. The minimum absolute atomic E-state index is 0.115. The highest BCUT2D eigenvalue weighted by molar-refractivity contribution is 6.19. The van der Waals surface area contributed by atoms with Crippen LogP contribution in [0, 0.1) is 0 Å². The summed E-state index contributed by atoms with van der Waals surface area (Å²) in [6, 6.07) is 17.7. The number of aromatic amines is 1. The zero-order chi connectivity index (χ0) is 28.3. The lowest BCUT2D eigenvalue weighted by Crippen LogP contribution is -2.28. The van der Waals surface area contributed by atoms with Crippen molar-refractivity contribution in [2.24, 2.45) is 0 Å². The molecule has 200 valence electrons. The Morgan fingerprint density at radius 1 is 0.872 bits per heavy atom. The molecule has 0 atom stereocenters. The summed E-state index contributed by atoms with van der Waals surface area (Å²) in [6.45, 7) is 2.18. The van der Waals surface area contributed by atoms with Crippen molar-refractivity contribution in [3.63, 3.8) is 0 Å². The normalized spacial score (nSPS) is 11.3. The summed E-state index contributed by atoms with van der Waals surface area (Å²) in [5.41, 5.74) is 2.13. The van der Waals surface area contributed by atoms with Crippen LogP contribution < -0.4 is 0 Å². The molecule has 0 saturated heterocycles. The Kier molecular flexibility index (Phi) is 7.71. The van der Waals surface area contributed by atoms with Gasteiger partial charge in [0.05, 0.1) is 28.8 Å². The maximum atomic E-state index is 13.9. The second kappa shape index (κ2) is 11.0. The quantitative estimate of drug-likeness (QED) is 0.259. The van der Waals surface area contributed by atoms with Gasteiger partial charge in [-0.1, -0.05) is 60.7 Å². The Bertz CT molecular complexity index is 1520. The number of carboxylic acid groups (broad SMARTS) is 1. The molecular weight excluding hydrogens is 509 g/mol. The van der Waals surface area contributed by atoms with E-state index in [0.717, 1.165) is 12.1 Å². The van der Waals surface area contributed by atoms with Gasteiger partial charge in [0, 0.05) is 25.4 Å². The van der Waals surface area contributed by atoms with E-state index in [2.05, 4.69) is 4.98 Å². The highest BCUT2D eigenvalue weighted by Crippen LogP contribution is 2.34. The molecule has 39 heavy (non-hydrogen) atoms. The number of H-pyrrole nitrogens is 1. The van der Waals surface area contributed by atoms with Gasteiger partial charge >= 0.3 is 12.1 Å². The van der Waals surface area contributed by atoms with Gasteiger partial charge in [-0.25, -0.2) is 0 Å². The third-order valence-corrected chi connectivity index (χ3v) is 6.45. The molecule has 1 aromatic heterocycles. The molecule has 4 rings (SSSR count). The summed E-state index contributed by atoms with van der Waals surface area (Å²) < 4.78 is 39.2. The number of hydrogen-bond acceptors (Lipinski definition) is 3. The number of alkyl halides is 3. The van der Waals surface area contributed by atoms with E-state index < -0.39 is 29.4 Å². The van der Waals surface area contributed by atoms with Crippen LogP contribution in [0.15, 0.2) is 79.0 Å². The summed E-state index contributed by atoms with van der Waals surface area (Å²) in [7, 11) is 1.61. The van der Waals surface area contributed by atoms with Crippen molar-refractivity contribution in [3.8, 4) is 22.4 Å². The molecule has 0 aliphatic carbocycles. The molecule has 9 heteroatoms. The molecule has 0 aliphatic rings. The number of carbonyl (C=O) groups excluding carboxylic acids is 2. The van der Waals surface area contributed by atoms with Crippen LogP contribution in [0.5, 0.6) is 0 Å². The number of nitrogens with zero attached hydrogens (tertiary/aromatic N) is 1. The van der Waals surface area contributed by atoms with Crippen molar-refractivity contribution in [2.45, 2.75) is 19.5 Å². The van der Waals surface area contributed by atoms with Gasteiger partial charge in [0.25, 0.3) is 5.91 Å². The van der Waals surface area contributed by atoms with E-state index in [1.807, 2.05) is 0 Å². The van der Waals surface area contributed by atoms with Gasteiger partial charge in [0.1, 0.15) is 0 Å². The number of benzene rings is 3. The van der Waals surface area contributed by atoms with Gasteiger partial charge < -0.3 is 15.0 Å². The van der Waals surface area contributed by atoms with Crippen molar-refractivity contribution < 1.29 is 32.7 Å². The second-order valence-corrected chi connectivity index (χ2v) is 8.99. The molecule has 6 nitrogen and oxygen atoms in total. The van der Waals surface area contributed by atoms with E-state index in [1.54, 1.807) is 62.5 Å². The minimum Gasteiger partial charge on any atom is -0.481 e. The predicted molar refractivity (Wildman–Crippen MR) is 141 cm³/mol. The Hall–Kier alpha value is -4.66. The first-order chi connectivity index (χ1) is 18.5. The number of nitrogens with one attached hydrogen (secondary N) is 1. The van der Waals surface area contributed by atoms with Crippen molar-refractivity contribution in [1.82, 2.24) is 9.88 Å². The fourth-order valence-electron chi connectivity index (χ4n) is 4.27. The van der Waals surface area contributed by atoms with E-state index in [0.29, 0.717) is 34.5 Å². The molecule has 2 N–H and O–H groups in total. The van der Waals surface area contributed by atoms with Crippen molar-refractivity contribution >= 4 is 17.7 Å². The topological polar surface area (TPSA) is 90.5 Å². The first-order valence-electron chi connectivity index (χ1n) is 12.1. The Morgan fingerprint density at radius 2 is 1.49 bits per heavy atom. The van der Waals surface area contributed by atoms with Crippen LogP contribution in [0.2, 0.25) is 0 Å². The number of ketones is 1. The Balaban J connectivity index is 1.80. The summed E-state index contributed by atoms with van der Waals surface area (Å²) >= 11 is 0. The van der Waals surface area contributed by atoms with Gasteiger partial charge in [-0.3, -0.25) is 14.4 Å². The fraction of sp³-hybridized carbons (Fsp3) is 0.167. The second-order valence-electron chi connectivity index (χ2n) is 8.99. The molecule has 0 unspecified atom stereocenters. The van der Waals surface area contributed by atoms with E-state index in [-0.39, 0.29) is 23.1 Å². The number of aromatic nitrogens is 1. The Labute approximate surface area is 222 Å². The van der Waals surface area contributed by atoms with Crippen LogP contribution in [0.4, 0.5) is 13.2 Å². The monoisotopic (exact) mass is 534 g/mol. The number of amides is 1. The Morgan fingerprint density at radius 3 is 2.08 bits per heavy atom. The average molecular weight is 535 g/mol. The molecule has 0 radical (unpaired) electrons. The predicted octanol–water partition coefficient (Wildman–Crippen LogP) is 6.32. The van der Waals surface area contributed by atoms with Gasteiger partial charge in [-0.05, 0) is 41.3 Å². The maximum absolute atomic E-state index is 13.9. The highest BCUT2D eigenvalue weighted by Gasteiger charge is 2.31. The van der Waals surface area contributed by atoms with Crippen LogP contribution in [-0.4, -0.2) is 46.2 Å². The van der Waals surface area contributed by atoms with Crippen LogP contribution in [0.1, 0.15) is 44.3 Å². The lowest BCUT2D eigenvalue weighted by molar-refractivity contribution is -0.138. The first-order valence-corrected chi connectivity index (χ1v) is 12.1. The van der Waals surface area contributed by atoms with Crippen molar-refractivity contribution in [2.75, 3.05) is 13.6 Å². The number of aliphatic carboxylic acids is 1. The zero-order valence-corrected chi connectivity index (χ0v) is 21.2. The molecule has 0 bridgehead atoms. The molecule has 0 spiro atoms. The standard InChI is InChI=1S/C30H25F3N2O4/c1-3-35(2)29(39)26-24(17-34-27(26)20-10-8-18(9-11-20)16-25(36)37)28(38)23-7-5-4-6-22(23)19-12-14-21(15-13-19)30(31,32)33/h4-15,17,34H,3,16H2,1-2H3,(H,36,37). The number of rotatable bonds is 8. The van der Waals surface area contributed by atoms with Gasteiger partial charge in [0.2, 0.25) is 0 Å². The van der Waals surface area contributed by atoms with E-state index in [1.165, 1.54) is 23.2 Å². The van der Waals surface area contributed by atoms with E-state index in [4.69, 9.17) is 5.11 Å². The smallest absolute Gasteiger partial charge is 0.416 e. The molecule has 0 aliphatic heterocycles. The van der Waals surface area contributed by atoms with Crippen LogP contribution in [-0.2, 0) is 17.4 Å². The third-order valence-electron chi connectivity index (χ3n) is 6.45. The van der Waals surface area contributed by atoms with E-state index in [9.17, 15) is 27.6 Å². The lowest BCUT2D eigenvalue weighted by Gasteiger charge is -2.17. The number of carboxylic acids is 1. The van der Waals surface area contributed by atoms with Crippen molar-refractivity contribution in [1.29, 1.82) is 0 Å². The van der Waals surface area contributed by atoms with Gasteiger partial charge in [-0.15, -0.1) is 0 Å². The SMILES string of the molecule is CCN(C)C(=O)c1c(C(=O)c2ccccc2-c2ccc(C(F)(F)F)cc2)c[nH]c1-c1ccc(CC(=O)O)cc1. The number of carbonyl (C=O) groups is 3. The van der Waals surface area contributed by atoms with Crippen molar-refractivity contribution in [3.05, 3.63) is 107 Å². The molecular formula is C30H25F3N2O4. The van der Waals surface area contributed by atoms with Crippen LogP contribution >= 0.6 is 0 Å². The average Bonchev–Trinajstić information content (AvgIpc) is 3.36. The molecule has 1 amide bonds. The summed E-state index contributed by atoms with van der Waals surface area (Å²) in [5, 5.41) is 9.04. The summed E-state index contributed by atoms with van der Waals surface area (Å²) in [5.74, 6) is -1.83. The fourth-order valence-corrected chi connectivity index (χ4v) is 4.27. The van der Waals surface area contributed by atoms with E-state index >= 15 is 0 Å². The van der Waals surface area contributed by atoms with Crippen LogP contribution in [0.25, 0.3) is 22.4 Å². The van der Waals surface area contributed by atoms with Gasteiger partial charge in [-0.2, -0.15) is 13.2 Å². The lowest BCUT2D eigenvalue weighted by atomic mass is 9.92.